The number of nitrogens with one attached hydrogen (secondary N) is 1. The van der Waals surface area contributed by atoms with Gasteiger partial charge in [-0.05, 0) is 5.92 Å². The van der Waals surface area contributed by atoms with Gasteiger partial charge in [0.25, 0.3) is 0 Å². The van der Waals surface area contributed by atoms with Crippen molar-refractivity contribution in [1.29, 1.82) is 0 Å². The lowest BCUT2D eigenvalue weighted by atomic mass is 9.95. The molecule has 0 fully saturated rings. The Bertz CT molecular complexity index is 251. The second-order valence-corrected chi connectivity index (χ2v) is 5.46. The topological polar surface area (TPSA) is 67.5 Å². The Morgan fingerprint density at radius 3 is 2.38 bits per heavy atom. The number of hydrogen-bond acceptors (Lipinski definition) is 2. The third kappa shape index (κ3) is 7.26. The largest absolute Gasteiger partial charge is 0.387 e. The quantitative estimate of drug-likeness (QED) is 0.553. The molecule has 0 aliphatic carbocycles. The van der Waals surface area contributed by atoms with Crippen LogP contribution in [0.4, 0.5) is 0 Å². The Morgan fingerprint density at radius 2 is 1.94 bits per heavy atom. The van der Waals surface area contributed by atoms with Crippen LogP contribution < -0.4 is 11.1 Å². The molecule has 16 heavy (non-hydrogen) atoms. The van der Waals surface area contributed by atoms with Crippen molar-refractivity contribution in [3.63, 3.8) is 0 Å². The van der Waals surface area contributed by atoms with E-state index in [1.807, 2.05) is 20.8 Å². The second-order valence-electron chi connectivity index (χ2n) is 5.46. The lowest BCUT2D eigenvalue weighted by Crippen LogP contribution is -2.30. The summed E-state index contributed by atoms with van der Waals surface area (Å²) in [5.41, 5.74) is 5.66. The fourth-order valence-corrected chi connectivity index (χ4v) is 0.921. The van der Waals surface area contributed by atoms with Crippen LogP contribution in [0.2, 0.25) is 0 Å². The highest BCUT2D eigenvalue weighted by molar-refractivity contribution is 5.85. The predicted molar refractivity (Wildman–Crippen MR) is 68.4 cm³/mol. The highest BCUT2D eigenvalue weighted by Gasteiger charge is 2.14. The van der Waals surface area contributed by atoms with Gasteiger partial charge in [-0.1, -0.05) is 34.6 Å². The molecular weight excluding hydrogens is 202 g/mol. The third-order valence-corrected chi connectivity index (χ3v) is 2.10. The van der Waals surface area contributed by atoms with Gasteiger partial charge in [0.05, 0.1) is 5.84 Å². The summed E-state index contributed by atoms with van der Waals surface area (Å²) in [6.07, 6.45) is 0.406. The lowest BCUT2D eigenvalue weighted by molar-refractivity contribution is -0.121. The minimum Gasteiger partial charge on any atom is -0.387 e. The molecule has 0 unspecified atom stereocenters. The fraction of sp³-hybridized carbons (Fsp3) is 0.833. The van der Waals surface area contributed by atoms with Gasteiger partial charge in [0.2, 0.25) is 5.91 Å². The monoisotopic (exact) mass is 227 g/mol. The van der Waals surface area contributed by atoms with Crippen LogP contribution in [0.15, 0.2) is 4.99 Å². The van der Waals surface area contributed by atoms with Crippen molar-refractivity contribution in [2.75, 3.05) is 13.1 Å². The summed E-state index contributed by atoms with van der Waals surface area (Å²) in [6.45, 7) is 11.3. The number of nitrogens with zero attached hydrogens (tertiary/aromatic N) is 1. The van der Waals surface area contributed by atoms with E-state index in [0.29, 0.717) is 24.7 Å². The van der Waals surface area contributed by atoms with E-state index in [1.165, 1.54) is 0 Å². The van der Waals surface area contributed by atoms with Crippen molar-refractivity contribution in [3.8, 4) is 0 Å². The van der Waals surface area contributed by atoms with Crippen molar-refractivity contribution in [2.45, 2.75) is 41.0 Å². The maximum absolute atomic E-state index is 11.4. The molecule has 0 aromatic rings. The van der Waals surface area contributed by atoms with E-state index in [9.17, 15) is 4.79 Å². The first-order valence-electron chi connectivity index (χ1n) is 5.80. The van der Waals surface area contributed by atoms with Crippen LogP contribution in [0.1, 0.15) is 41.0 Å². The summed E-state index contributed by atoms with van der Waals surface area (Å²) in [6, 6.07) is 0. The number of aliphatic imine (C=N–C) groups is 1. The molecule has 0 saturated carbocycles. The lowest BCUT2D eigenvalue weighted by Gasteiger charge is -2.17. The van der Waals surface area contributed by atoms with Gasteiger partial charge in [0, 0.05) is 24.9 Å². The summed E-state index contributed by atoms with van der Waals surface area (Å²) in [7, 11) is 0. The highest BCUT2D eigenvalue weighted by atomic mass is 16.1. The van der Waals surface area contributed by atoms with Gasteiger partial charge in [0.15, 0.2) is 0 Å². The number of nitrogens with two attached hydrogens (primary N) is 1. The number of carbonyl (C=O) groups excluding carboxylic acids is 1. The standard InChI is InChI=1S/C12H25N3O/c1-9(2)8-15-10(16)6-7-14-11(13)12(3,4)5/h9H,6-8H2,1-5H3,(H2,13,14)(H,15,16). The van der Waals surface area contributed by atoms with Crippen LogP contribution >= 0.6 is 0 Å². The molecule has 0 radical (unpaired) electrons. The van der Waals surface area contributed by atoms with Crippen molar-refractivity contribution in [2.24, 2.45) is 22.1 Å². The highest BCUT2D eigenvalue weighted by Crippen LogP contribution is 2.12. The number of amides is 1. The average molecular weight is 227 g/mol. The zero-order valence-electron chi connectivity index (χ0n) is 11.1. The van der Waals surface area contributed by atoms with Crippen molar-refractivity contribution in [3.05, 3.63) is 0 Å². The van der Waals surface area contributed by atoms with Crippen LogP contribution in [0, 0.1) is 11.3 Å². The Kier molecular flexibility index (Phi) is 6.08. The SMILES string of the molecule is CC(C)CNC(=O)CCN=C(N)C(C)(C)C. The Morgan fingerprint density at radius 1 is 1.38 bits per heavy atom. The number of amidine groups is 1. The van der Waals surface area contributed by atoms with Gasteiger partial charge in [-0.2, -0.15) is 0 Å². The van der Waals surface area contributed by atoms with Crippen molar-refractivity contribution >= 4 is 11.7 Å². The van der Waals surface area contributed by atoms with Crippen molar-refractivity contribution < 1.29 is 4.79 Å². The first-order chi connectivity index (χ1) is 7.23. The Labute approximate surface area is 98.7 Å². The summed E-state index contributed by atoms with van der Waals surface area (Å²) < 4.78 is 0. The molecule has 4 nitrogen and oxygen atoms in total. The van der Waals surface area contributed by atoms with Gasteiger partial charge in [-0.15, -0.1) is 0 Å². The summed E-state index contributed by atoms with van der Waals surface area (Å²) in [4.78, 5) is 15.6. The number of hydrogen-bond donors (Lipinski definition) is 2. The molecule has 94 valence electrons. The second kappa shape index (κ2) is 6.51. The maximum Gasteiger partial charge on any atom is 0.221 e. The minimum absolute atomic E-state index is 0.0409. The first kappa shape index (κ1) is 14.9. The van der Waals surface area contributed by atoms with E-state index >= 15 is 0 Å². The molecule has 0 aromatic carbocycles. The molecule has 3 N–H and O–H groups in total. The van der Waals surface area contributed by atoms with E-state index in [-0.39, 0.29) is 11.3 Å². The van der Waals surface area contributed by atoms with Crippen LogP contribution in [0.25, 0.3) is 0 Å². The van der Waals surface area contributed by atoms with Crippen molar-refractivity contribution in [1.82, 2.24) is 5.32 Å². The molecule has 4 heteroatoms. The first-order valence-corrected chi connectivity index (χ1v) is 5.80. The van der Waals surface area contributed by atoms with E-state index < -0.39 is 0 Å². The molecule has 0 aromatic heterocycles. The number of carbonyl (C=O) groups is 1. The molecule has 0 bridgehead atoms. The molecule has 0 aliphatic rings. The molecule has 0 rings (SSSR count). The van der Waals surface area contributed by atoms with Gasteiger partial charge >= 0.3 is 0 Å². The Hall–Kier alpha value is -1.06. The number of rotatable bonds is 5. The van der Waals surface area contributed by atoms with Gasteiger partial charge in [-0.3, -0.25) is 9.79 Å². The molecule has 0 saturated heterocycles. The van der Waals surface area contributed by atoms with E-state index in [1.54, 1.807) is 0 Å². The smallest absolute Gasteiger partial charge is 0.221 e. The molecule has 0 aliphatic heterocycles. The van der Waals surface area contributed by atoms with Crippen LogP contribution in [-0.2, 0) is 4.79 Å². The normalized spacial score (nSPS) is 13.0. The fourth-order valence-electron chi connectivity index (χ4n) is 0.921. The van der Waals surface area contributed by atoms with Crippen LogP contribution in [0.5, 0.6) is 0 Å². The zero-order valence-corrected chi connectivity index (χ0v) is 11.1. The van der Waals surface area contributed by atoms with E-state index in [2.05, 4.69) is 24.2 Å². The van der Waals surface area contributed by atoms with E-state index in [0.717, 1.165) is 6.54 Å². The summed E-state index contributed by atoms with van der Waals surface area (Å²) >= 11 is 0. The molecule has 1 amide bonds. The zero-order chi connectivity index (χ0) is 12.8. The van der Waals surface area contributed by atoms with Crippen LogP contribution in [-0.4, -0.2) is 24.8 Å². The summed E-state index contributed by atoms with van der Waals surface area (Å²) in [5.74, 6) is 1.12. The van der Waals surface area contributed by atoms with Gasteiger partial charge in [-0.25, -0.2) is 0 Å². The van der Waals surface area contributed by atoms with Gasteiger partial charge < -0.3 is 11.1 Å². The molecule has 0 spiro atoms. The predicted octanol–water partition coefficient (Wildman–Crippen LogP) is 1.55. The average Bonchev–Trinajstić information content (AvgIpc) is 2.13. The molecular formula is C12H25N3O. The molecule has 0 heterocycles. The molecule has 0 atom stereocenters. The Balaban J connectivity index is 3.86. The van der Waals surface area contributed by atoms with E-state index in [4.69, 9.17) is 5.73 Å². The van der Waals surface area contributed by atoms with Gasteiger partial charge in [0.1, 0.15) is 0 Å². The van der Waals surface area contributed by atoms with Crippen LogP contribution in [0.3, 0.4) is 0 Å². The maximum atomic E-state index is 11.4. The minimum atomic E-state index is -0.117. The summed E-state index contributed by atoms with van der Waals surface area (Å²) in [5, 5.41) is 2.85. The third-order valence-electron chi connectivity index (χ3n) is 2.10.